The third kappa shape index (κ3) is 5.46. The average molecular weight is 263 g/mol. The van der Waals surface area contributed by atoms with E-state index in [2.05, 4.69) is 10.6 Å². The Hall–Kier alpha value is -0.620. The number of halogens is 1. The van der Waals surface area contributed by atoms with E-state index >= 15 is 0 Å². The first-order valence-corrected chi connectivity index (χ1v) is 6.17. The fourth-order valence-electron chi connectivity index (χ4n) is 1.10. The van der Waals surface area contributed by atoms with Gasteiger partial charge >= 0.3 is 0 Å². The van der Waals surface area contributed by atoms with Gasteiger partial charge in [0.1, 0.15) is 0 Å². The molecule has 6 heteroatoms. The van der Waals surface area contributed by atoms with Gasteiger partial charge in [-0.25, -0.2) is 0 Å². The zero-order chi connectivity index (χ0) is 11.8. The molecule has 0 saturated carbocycles. The van der Waals surface area contributed by atoms with E-state index in [4.69, 9.17) is 16.3 Å². The molecule has 0 aliphatic rings. The summed E-state index contributed by atoms with van der Waals surface area (Å²) in [6, 6.07) is 1.89. The Kier molecular flexibility index (Phi) is 6.40. The zero-order valence-electron chi connectivity index (χ0n) is 9.09. The SMILES string of the molecule is COCCNC(=O)CNCc1cc(Cl)cs1. The highest BCUT2D eigenvalue weighted by molar-refractivity contribution is 7.10. The van der Waals surface area contributed by atoms with E-state index in [9.17, 15) is 4.79 Å². The molecule has 1 heterocycles. The molecule has 1 aromatic rings. The molecule has 90 valence electrons. The first-order chi connectivity index (χ1) is 7.72. The summed E-state index contributed by atoms with van der Waals surface area (Å²) >= 11 is 7.35. The summed E-state index contributed by atoms with van der Waals surface area (Å²) in [6.45, 7) is 2.04. The molecule has 0 unspecified atom stereocenters. The number of hydrogen-bond donors (Lipinski definition) is 2. The van der Waals surface area contributed by atoms with E-state index < -0.39 is 0 Å². The number of carbonyl (C=O) groups is 1. The van der Waals surface area contributed by atoms with Crippen LogP contribution in [0.15, 0.2) is 11.4 Å². The summed E-state index contributed by atoms with van der Waals surface area (Å²) in [5.41, 5.74) is 0. The van der Waals surface area contributed by atoms with Crippen LogP contribution >= 0.6 is 22.9 Å². The van der Waals surface area contributed by atoms with Crippen molar-refractivity contribution in [3.63, 3.8) is 0 Å². The molecule has 0 saturated heterocycles. The number of thiophene rings is 1. The Labute approximate surface area is 104 Å². The molecule has 1 aromatic heterocycles. The molecule has 0 aliphatic carbocycles. The highest BCUT2D eigenvalue weighted by Gasteiger charge is 2.01. The number of hydrogen-bond acceptors (Lipinski definition) is 4. The number of rotatable bonds is 7. The lowest BCUT2D eigenvalue weighted by Gasteiger charge is -2.05. The maximum atomic E-state index is 11.3. The van der Waals surface area contributed by atoms with Crippen molar-refractivity contribution in [2.24, 2.45) is 0 Å². The molecule has 1 amide bonds. The average Bonchev–Trinajstić information content (AvgIpc) is 2.65. The molecule has 0 bridgehead atoms. The van der Waals surface area contributed by atoms with Gasteiger partial charge in [0.2, 0.25) is 5.91 Å². The minimum atomic E-state index is -0.0281. The fraction of sp³-hybridized carbons (Fsp3) is 0.500. The standard InChI is InChI=1S/C10H15ClN2O2S/c1-15-3-2-13-10(14)6-12-5-9-4-8(11)7-16-9/h4,7,12H,2-3,5-6H2,1H3,(H,13,14). The van der Waals surface area contributed by atoms with Gasteiger partial charge in [0, 0.05) is 30.5 Å². The predicted octanol–water partition coefficient (Wildman–Crippen LogP) is 1.25. The summed E-state index contributed by atoms with van der Waals surface area (Å²) in [5, 5.41) is 8.38. The van der Waals surface area contributed by atoms with Crippen LogP contribution in [0.2, 0.25) is 5.02 Å². The monoisotopic (exact) mass is 262 g/mol. The molecule has 0 atom stereocenters. The van der Waals surface area contributed by atoms with Gasteiger partial charge < -0.3 is 15.4 Å². The first kappa shape index (κ1) is 13.4. The van der Waals surface area contributed by atoms with Gasteiger partial charge in [-0.2, -0.15) is 0 Å². The summed E-state index contributed by atoms with van der Waals surface area (Å²) in [4.78, 5) is 12.4. The summed E-state index contributed by atoms with van der Waals surface area (Å²) in [6.07, 6.45) is 0. The van der Waals surface area contributed by atoms with Gasteiger partial charge in [0.25, 0.3) is 0 Å². The topological polar surface area (TPSA) is 50.4 Å². The molecule has 1 rings (SSSR count). The second-order valence-electron chi connectivity index (χ2n) is 3.18. The molecule has 4 nitrogen and oxygen atoms in total. The lowest BCUT2D eigenvalue weighted by Crippen LogP contribution is -2.35. The molecule has 2 N–H and O–H groups in total. The summed E-state index contributed by atoms with van der Waals surface area (Å²) in [7, 11) is 1.60. The van der Waals surface area contributed by atoms with Crippen molar-refractivity contribution in [1.29, 1.82) is 0 Å². The van der Waals surface area contributed by atoms with Crippen molar-refractivity contribution in [3.8, 4) is 0 Å². The zero-order valence-corrected chi connectivity index (χ0v) is 10.7. The number of ether oxygens (including phenoxy) is 1. The predicted molar refractivity (Wildman–Crippen MR) is 65.9 cm³/mol. The lowest BCUT2D eigenvalue weighted by molar-refractivity contribution is -0.120. The molecule has 0 radical (unpaired) electrons. The second kappa shape index (κ2) is 7.62. The van der Waals surface area contributed by atoms with Gasteiger partial charge in [0.15, 0.2) is 0 Å². The lowest BCUT2D eigenvalue weighted by atomic mass is 10.4. The van der Waals surface area contributed by atoms with Gasteiger partial charge in [0.05, 0.1) is 18.2 Å². The summed E-state index contributed by atoms with van der Waals surface area (Å²) < 4.78 is 4.82. The third-order valence-corrected chi connectivity index (χ3v) is 3.12. The van der Waals surface area contributed by atoms with Crippen LogP contribution in [-0.2, 0) is 16.1 Å². The third-order valence-electron chi connectivity index (χ3n) is 1.83. The quantitative estimate of drug-likeness (QED) is 0.728. The highest BCUT2D eigenvalue weighted by Crippen LogP contribution is 2.18. The number of carbonyl (C=O) groups excluding carboxylic acids is 1. The highest BCUT2D eigenvalue weighted by atomic mass is 35.5. The largest absolute Gasteiger partial charge is 0.383 e. The van der Waals surface area contributed by atoms with Crippen molar-refractivity contribution >= 4 is 28.8 Å². The Morgan fingerprint density at radius 1 is 1.62 bits per heavy atom. The van der Waals surface area contributed by atoms with Gasteiger partial charge in [-0.1, -0.05) is 11.6 Å². The number of amides is 1. The van der Waals surface area contributed by atoms with Gasteiger partial charge in [-0.15, -0.1) is 11.3 Å². The minimum Gasteiger partial charge on any atom is -0.383 e. The Balaban J connectivity index is 2.08. The van der Waals surface area contributed by atoms with Crippen LogP contribution in [-0.4, -0.2) is 32.7 Å². The molecule has 0 fully saturated rings. The van der Waals surface area contributed by atoms with Crippen LogP contribution < -0.4 is 10.6 Å². The van der Waals surface area contributed by atoms with Crippen LogP contribution in [0.25, 0.3) is 0 Å². The molecule has 0 spiro atoms. The van der Waals surface area contributed by atoms with Crippen molar-refractivity contribution in [2.75, 3.05) is 26.8 Å². The molecule has 0 aliphatic heterocycles. The van der Waals surface area contributed by atoms with Crippen LogP contribution in [0, 0.1) is 0 Å². The van der Waals surface area contributed by atoms with E-state index in [-0.39, 0.29) is 5.91 Å². The second-order valence-corrected chi connectivity index (χ2v) is 4.61. The number of methoxy groups -OCH3 is 1. The normalized spacial score (nSPS) is 10.4. The van der Waals surface area contributed by atoms with E-state index in [0.717, 1.165) is 9.90 Å². The van der Waals surface area contributed by atoms with E-state index in [1.165, 1.54) is 0 Å². The maximum Gasteiger partial charge on any atom is 0.234 e. The molecule has 16 heavy (non-hydrogen) atoms. The Bertz CT molecular complexity index is 330. The molecule has 0 aromatic carbocycles. The minimum absolute atomic E-state index is 0.0281. The molecular formula is C10H15ClN2O2S. The van der Waals surface area contributed by atoms with Crippen LogP contribution in [0.5, 0.6) is 0 Å². The van der Waals surface area contributed by atoms with Crippen molar-refractivity contribution in [1.82, 2.24) is 10.6 Å². The Morgan fingerprint density at radius 3 is 3.06 bits per heavy atom. The van der Waals surface area contributed by atoms with E-state index in [1.807, 2.05) is 11.4 Å². The van der Waals surface area contributed by atoms with Crippen molar-refractivity contribution in [2.45, 2.75) is 6.54 Å². The smallest absolute Gasteiger partial charge is 0.234 e. The molecular weight excluding hydrogens is 248 g/mol. The number of nitrogens with one attached hydrogen (secondary N) is 2. The van der Waals surface area contributed by atoms with E-state index in [0.29, 0.717) is 26.2 Å². The van der Waals surface area contributed by atoms with E-state index in [1.54, 1.807) is 18.4 Å². The van der Waals surface area contributed by atoms with Gasteiger partial charge in [-0.3, -0.25) is 4.79 Å². The fourth-order valence-corrected chi connectivity index (χ4v) is 2.14. The first-order valence-electron chi connectivity index (χ1n) is 4.91. The van der Waals surface area contributed by atoms with Crippen LogP contribution in [0.4, 0.5) is 0 Å². The van der Waals surface area contributed by atoms with Gasteiger partial charge in [-0.05, 0) is 6.07 Å². The summed E-state index contributed by atoms with van der Waals surface area (Å²) in [5.74, 6) is -0.0281. The van der Waals surface area contributed by atoms with Crippen LogP contribution in [0.1, 0.15) is 4.88 Å². The van der Waals surface area contributed by atoms with Crippen molar-refractivity contribution < 1.29 is 9.53 Å². The maximum absolute atomic E-state index is 11.3. The Morgan fingerprint density at radius 2 is 2.44 bits per heavy atom. The van der Waals surface area contributed by atoms with Crippen LogP contribution in [0.3, 0.4) is 0 Å². The van der Waals surface area contributed by atoms with Crippen molar-refractivity contribution in [3.05, 3.63) is 21.3 Å².